The summed E-state index contributed by atoms with van der Waals surface area (Å²) < 4.78 is 10.4. The SMILES string of the molecule is Cc1ccc(C)c(OCCC(=O)OCC(=O)NC(=O)c2ccccc2)c1. The lowest BCUT2D eigenvalue weighted by Gasteiger charge is -2.10. The van der Waals surface area contributed by atoms with E-state index >= 15 is 0 Å². The van der Waals surface area contributed by atoms with Crippen molar-refractivity contribution in [2.45, 2.75) is 20.3 Å². The largest absolute Gasteiger partial charge is 0.493 e. The number of benzene rings is 2. The summed E-state index contributed by atoms with van der Waals surface area (Å²) in [5.74, 6) is -1.07. The third kappa shape index (κ3) is 6.05. The van der Waals surface area contributed by atoms with E-state index in [1.807, 2.05) is 32.0 Å². The summed E-state index contributed by atoms with van der Waals surface area (Å²) in [6, 6.07) is 14.1. The molecule has 0 heterocycles. The van der Waals surface area contributed by atoms with Crippen LogP contribution in [0.3, 0.4) is 0 Å². The molecule has 1 N–H and O–H groups in total. The van der Waals surface area contributed by atoms with Gasteiger partial charge in [-0.1, -0.05) is 30.3 Å². The number of hydrogen-bond acceptors (Lipinski definition) is 5. The Morgan fingerprint density at radius 3 is 2.46 bits per heavy atom. The lowest BCUT2D eigenvalue weighted by molar-refractivity contribution is -0.148. The fraction of sp³-hybridized carbons (Fsp3) is 0.250. The van der Waals surface area contributed by atoms with Crippen molar-refractivity contribution in [1.82, 2.24) is 5.32 Å². The molecule has 136 valence electrons. The highest BCUT2D eigenvalue weighted by Gasteiger charge is 2.12. The second-order valence-electron chi connectivity index (χ2n) is 5.77. The molecule has 6 heteroatoms. The topological polar surface area (TPSA) is 81.7 Å². The summed E-state index contributed by atoms with van der Waals surface area (Å²) >= 11 is 0. The molecular weight excluding hydrogens is 334 g/mol. The minimum atomic E-state index is -0.678. The Bertz CT molecular complexity index is 786. The molecule has 6 nitrogen and oxygen atoms in total. The van der Waals surface area contributed by atoms with Crippen molar-refractivity contribution >= 4 is 17.8 Å². The molecular formula is C20H21NO5. The number of nitrogens with one attached hydrogen (secondary N) is 1. The van der Waals surface area contributed by atoms with Crippen LogP contribution in [0, 0.1) is 13.8 Å². The molecule has 0 saturated heterocycles. The zero-order chi connectivity index (χ0) is 18.9. The van der Waals surface area contributed by atoms with E-state index in [0.717, 1.165) is 11.1 Å². The van der Waals surface area contributed by atoms with Crippen LogP contribution in [0.15, 0.2) is 48.5 Å². The highest BCUT2D eigenvalue weighted by Crippen LogP contribution is 2.19. The van der Waals surface area contributed by atoms with Crippen molar-refractivity contribution in [2.75, 3.05) is 13.2 Å². The molecule has 2 aromatic rings. The highest BCUT2D eigenvalue weighted by molar-refractivity contribution is 6.05. The number of ether oxygens (including phenoxy) is 2. The number of carbonyl (C=O) groups is 3. The molecule has 2 aromatic carbocycles. The quantitative estimate of drug-likeness (QED) is 0.772. The molecule has 0 aliphatic heterocycles. The first-order valence-electron chi connectivity index (χ1n) is 8.20. The van der Waals surface area contributed by atoms with Gasteiger partial charge in [0, 0.05) is 5.56 Å². The Balaban J connectivity index is 1.69. The van der Waals surface area contributed by atoms with E-state index < -0.39 is 24.4 Å². The van der Waals surface area contributed by atoms with Gasteiger partial charge in [0.05, 0.1) is 13.0 Å². The van der Waals surface area contributed by atoms with Gasteiger partial charge in [-0.05, 0) is 43.2 Å². The summed E-state index contributed by atoms with van der Waals surface area (Å²) in [5, 5.41) is 2.16. The Morgan fingerprint density at radius 1 is 1.00 bits per heavy atom. The monoisotopic (exact) mass is 355 g/mol. The molecule has 0 aliphatic rings. The summed E-state index contributed by atoms with van der Waals surface area (Å²) in [6.45, 7) is 3.51. The minimum absolute atomic E-state index is 0.00724. The maximum Gasteiger partial charge on any atom is 0.309 e. The minimum Gasteiger partial charge on any atom is -0.493 e. The van der Waals surface area contributed by atoms with Crippen LogP contribution in [-0.2, 0) is 14.3 Å². The van der Waals surface area contributed by atoms with Gasteiger partial charge in [-0.2, -0.15) is 0 Å². The Morgan fingerprint density at radius 2 is 1.73 bits per heavy atom. The van der Waals surface area contributed by atoms with Crippen LogP contribution in [0.25, 0.3) is 0 Å². The molecule has 0 aliphatic carbocycles. The highest BCUT2D eigenvalue weighted by atomic mass is 16.5. The van der Waals surface area contributed by atoms with E-state index in [4.69, 9.17) is 9.47 Å². The van der Waals surface area contributed by atoms with Crippen LogP contribution < -0.4 is 10.1 Å². The summed E-state index contributed by atoms with van der Waals surface area (Å²) in [6.07, 6.45) is 0.00724. The fourth-order valence-corrected chi connectivity index (χ4v) is 2.15. The molecule has 0 saturated carbocycles. The molecule has 2 amide bonds. The maximum absolute atomic E-state index is 11.8. The molecule has 0 atom stereocenters. The van der Waals surface area contributed by atoms with Crippen LogP contribution in [-0.4, -0.2) is 31.0 Å². The standard InChI is InChI=1S/C20H21NO5/c1-14-8-9-15(2)17(12-14)25-11-10-19(23)26-13-18(22)21-20(24)16-6-4-3-5-7-16/h3-9,12H,10-11,13H2,1-2H3,(H,21,22,24). The second kappa shape index (κ2) is 9.36. The summed E-state index contributed by atoms with van der Waals surface area (Å²) in [4.78, 5) is 35.1. The average Bonchev–Trinajstić information content (AvgIpc) is 2.63. The molecule has 2 rings (SSSR count). The van der Waals surface area contributed by atoms with Gasteiger partial charge in [0.1, 0.15) is 5.75 Å². The van der Waals surface area contributed by atoms with Crippen molar-refractivity contribution in [2.24, 2.45) is 0 Å². The van der Waals surface area contributed by atoms with E-state index in [0.29, 0.717) is 11.3 Å². The predicted octanol–water partition coefficient (Wildman–Crippen LogP) is 2.57. The van der Waals surface area contributed by atoms with Crippen molar-refractivity contribution < 1.29 is 23.9 Å². The van der Waals surface area contributed by atoms with E-state index in [-0.39, 0.29) is 13.0 Å². The third-order valence-electron chi connectivity index (χ3n) is 3.56. The Kier molecular flexibility index (Phi) is 6.91. The zero-order valence-electron chi connectivity index (χ0n) is 14.8. The van der Waals surface area contributed by atoms with Crippen molar-refractivity contribution in [1.29, 1.82) is 0 Å². The third-order valence-corrected chi connectivity index (χ3v) is 3.56. The van der Waals surface area contributed by atoms with E-state index in [1.165, 1.54) is 0 Å². The predicted molar refractivity (Wildman–Crippen MR) is 95.9 cm³/mol. The fourth-order valence-electron chi connectivity index (χ4n) is 2.15. The van der Waals surface area contributed by atoms with Crippen LogP contribution in [0.1, 0.15) is 27.9 Å². The zero-order valence-corrected chi connectivity index (χ0v) is 14.8. The number of esters is 1. The van der Waals surface area contributed by atoms with Gasteiger partial charge in [-0.3, -0.25) is 19.7 Å². The number of rotatable bonds is 7. The average molecular weight is 355 g/mol. The summed E-state index contributed by atoms with van der Waals surface area (Å²) in [7, 11) is 0. The molecule has 0 spiro atoms. The number of imide groups is 1. The molecule has 0 fully saturated rings. The van der Waals surface area contributed by atoms with Gasteiger partial charge in [-0.15, -0.1) is 0 Å². The molecule has 26 heavy (non-hydrogen) atoms. The van der Waals surface area contributed by atoms with Gasteiger partial charge in [0.15, 0.2) is 6.61 Å². The van der Waals surface area contributed by atoms with Gasteiger partial charge in [0.25, 0.3) is 11.8 Å². The van der Waals surface area contributed by atoms with Crippen LogP contribution >= 0.6 is 0 Å². The van der Waals surface area contributed by atoms with E-state index in [2.05, 4.69) is 5.32 Å². The van der Waals surface area contributed by atoms with E-state index in [1.54, 1.807) is 30.3 Å². The van der Waals surface area contributed by atoms with Gasteiger partial charge >= 0.3 is 5.97 Å². The molecule has 0 unspecified atom stereocenters. The van der Waals surface area contributed by atoms with Crippen LogP contribution in [0.4, 0.5) is 0 Å². The lowest BCUT2D eigenvalue weighted by atomic mass is 10.1. The van der Waals surface area contributed by atoms with Crippen molar-refractivity contribution in [3.8, 4) is 5.75 Å². The molecule has 0 radical (unpaired) electrons. The van der Waals surface area contributed by atoms with Crippen LogP contribution in [0.5, 0.6) is 5.75 Å². The van der Waals surface area contributed by atoms with E-state index in [9.17, 15) is 14.4 Å². The first-order valence-corrected chi connectivity index (χ1v) is 8.20. The molecule has 0 bridgehead atoms. The first kappa shape index (κ1) is 19.2. The Hall–Kier alpha value is -3.15. The smallest absolute Gasteiger partial charge is 0.309 e. The van der Waals surface area contributed by atoms with Crippen LogP contribution in [0.2, 0.25) is 0 Å². The van der Waals surface area contributed by atoms with Crippen molar-refractivity contribution in [3.63, 3.8) is 0 Å². The van der Waals surface area contributed by atoms with Crippen molar-refractivity contribution in [3.05, 3.63) is 65.2 Å². The molecule has 0 aromatic heterocycles. The maximum atomic E-state index is 11.8. The number of aryl methyl sites for hydroxylation is 2. The van der Waals surface area contributed by atoms with Gasteiger partial charge in [0.2, 0.25) is 0 Å². The lowest BCUT2D eigenvalue weighted by Crippen LogP contribution is -2.34. The first-order chi connectivity index (χ1) is 12.5. The van der Waals surface area contributed by atoms with Gasteiger partial charge < -0.3 is 9.47 Å². The number of hydrogen-bond donors (Lipinski definition) is 1. The second-order valence-corrected chi connectivity index (χ2v) is 5.77. The summed E-state index contributed by atoms with van der Waals surface area (Å²) in [5.41, 5.74) is 2.39. The normalized spacial score (nSPS) is 10.1. The number of carbonyl (C=O) groups excluding carboxylic acids is 3. The Labute approximate surface area is 152 Å². The number of amides is 2. The van der Waals surface area contributed by atoms with Gasteiger partial charge in [-0.25, -0.2) is 0 Å².